The quantitative estimate of drug-likeness (QED) is 0.728. The van der Waals surface area contributed by atoms with E-state index in [1.54, 1.807) is 26.0 Å². The predicted octanol–water partition coefficient (Wildman–Crippen LogP) is 2.97. The molecule has 2 nitrogen and oxygen atoms in total. The number of nitrogens with one attached hydrogen (secondary N) is 1. The van der Waals surface area contributed by atoms with Crippen LogP contribution in [0.4, 0.5) is 10.1 Å². The van der Waals surface area contributed by atoms with Gasteiger partial charge < -0.3 is 5.32 Å². The number of benzene rings is 1. The summed E-state index contributed by atoms with van der Waals surface area (Å²) in [5.41, 5.74) is 2.10. The Morgan fingerprint density at radius 3 is 2.86 bits per heavy atom. The largest absolute Gasteiger partial charge is 0.359 e. The van der Waals surface area contributed by atoms with E-state index in [0.717, 1.165) is 11.4 Å². The average Bonchev–Trinajstić information content (AvgIpc) is 2.12. The molecule has 0 bridgehead atoms. The minimum absolute atomic E-state index is 0.225. The molecule has 14 heavy (non-hydrogen) atoms. The van der Waals surface area contributed by atoms with Crippen molar-refractivity contribution in [1.29, 1.82) is 5.26 Å². The first-order valence-electron chi connectivity index (χ1n) is 4.23. The number of hydrogen-bond acceptors (Lipinski definition) is 2. The highest BCUT2D eigenvalue weighted by Gasteiger charge is 1.98. The van der Waals surface area contributed by atoms with E-state index < -0.39 is 0 Å². The van der Waals surface area contributed by atoms with Crippen molar-refractivity contribution in [3.05, 3.63) is 41.4 Å². The highest BCUT2D eigenvalue weighted by molar-refractivity contribution is 5.50. The Morgan fingerprint density at radius 2 is 2.29 bits per heavy atom. The Hall–Kier alpha value is -1.82. The van der Waals surface area contributed by atoms with Crippen LogP contribution in [-0.2, 0) is 0 Å². The van der Waals surface area contributed by atoms with E-state index in [1.807, 2.05) is 6.07 Å². The summed E-state index contributed by atoms with van der Waals surface area (Å²) in [6, 6.07) is 6.65. The fourth-order valence-corrected chi connectivity index (χ4v) is 1.08. The normalized spacial score (nSPS) is 10.9. The summed E-state index contributed by atoms with van der Waals surface area (Å²) >= 11 is 0. The SMILES string of the molecule is C/C(=C/C#N)Nc1ccc(F)c(C)c1. The molecule has 0 atom stereocenters. The van der Waals surface area contributed by atoms with Crippen molar-refractivity contribution in [2.45, 2.75) is 13.8 Å². The fourth-order valence-electron chi connectivity index (χ4n) is 1.08. The molecule has 1 aromatic carbocycles. The van der Waals surface area contributed by atoms with Gasteiger partial charge in [-0.25, -0.2) is 4.39 Å². The van der Waals surface area contributed by atoms with Crippen molar-refractivity contribution < 1.29 is 4.39 Å². The molecule has 1 rings (SSSR count). The summed E-state index contributed by atoms with van der Waals surface area (Å²) in [4.78, 5) is 0. The van der Waals surface area contributed by atoms with Crippen LogP contribution in [-0.4, -0.2) is 0 Å². The Kier molecular flexibility index (Phi) is 3.24. The smallest absolute Gasteiger partial charge is 0.126 e. The predicted molar refractivity (Wildman–Crippen MR) is 54.1 cm³/mol. The van der Waals surface area contributed by atoms with Crippen LogP contribution in [0, 0.1) is 24.1 Å². The molecular weight excluding hydrogens is 179 g/mol. The Morgan fingerprint density at radius 1 is 1.57 bits per heavy atom. The second-order valence-corrected chi connectivity index (χ2v) is 3.05. The zero-order valence-electron chi connectivity index (χ0n) is 8.13. The molecule has 0 aliphatic rings. The second kappa shape index (κ2) is 4.43. The van der Waals surface area contributed by atoms with Crippen molar-refractivity contribution in [3.63, 3.8) is 0 Å². The minimum Gasteiger partial charge on any atom is -0.359 e. The molecule has 1 N–H and O–H groups in total. The van der Waals surface area contributed by atoms with Gasteiger partial charge in [0.2, 0.25) is 0 Å². The molecule has 0 amide bonds. The number of aryl methyl sites for hydroxylation is 1. The van der Waals surface area contributed by atoms with E-state index in [9.17, 15) is 4.39 Å². The van der Waals surface area contributed by atoms with Gasteiger partial charge in [0.15, 0.2) is 0 Å². The van der Waals surface area contributed by atoms with E-state index >= 15 is 0 Å². The molecule has 1 aromatic rings. The number of nitrogens with zero attached hydrogens (tertiary/aromatic N) is 1. The maximum atomic E-state index is 12.9. The molecule has 0 aromatic heterocycles. The van der Waals surface area contributed by atoms with E-state index in [0.29, 0.717) is 5.56 Å². The molecule has 0 saturated carbocycles. The van der Waals surface area contributed by atoms with E-state index in [2.05, 4.69) is 5.32 Å². The molecule has 0 spiro atoms. The first-order valence-corrected chi connectivity index (χ1v) is 4.23. The lowest BCUT2D eigenvalue weighted by Crippen LogP contribution is -1.96. The molecule has 3 heteroatoms. The Labute approximate surface area is 82.7 Å². The number of rotatable bonds is 2. The molecule has 0 radical (unpaired) electrons. The lowest BCUT2D eigenvalue weighted by Gasteiger charge is -2.06. The number of halogens is 1. The summed E-state index contributed by atoms with van der Waals surface area (Å²) in [6.07, 6.45) is 1.40. The van der Waals surface area contributed by atoms with Crippen LogP contribution in [0.3, 0.4) is 0 Å². The van der Waals surface area contributed by atoms with Crippen molar-refractivity contribution in [1.82, 2.24) is 0 Å². The molecule has 0 aliphatic carbocycles. The van der Waals surface area contributed by atoms with Gasteiger partial charge in [-0.1, -0.05) is 0 Å². The Bertz CT molecular complexity index is 402. The van der Waals surface area contributed by atoms with Gasteiger partial charge in [0.05, 0.1) is 6.07 Å². The monoisotopic (exact) mass is 190 g/mol. The molecule has 72 valence electrons. The molecule has 0 saturated heterocycles. The van der Waals surface area contributed by atoms with Crippen molar-refractivity contribution in [2.24, 2.45) is 0 Å². The molecule has 0 unspecified atom stereocenters. The summed E-state index contributed by atoms with van der Waals surface area (Å²) in [7, 11) is 0. The highest BCUT2D eigenvalue weighted by Crippen LogP contribution is 2.15. The zero-order chi connectivity index (χ0) is 10.6. The van der Waals surface area contributed by atoms with E-state index in [1.165, 1.54) is 12.1 Å². The van der Waals surface area contributed by atoms with Gasteiger partial charge >= 0.3 is 0 Å². The molecule has 0 fully saturated rings. The van der Waals surface area contributed by atoms with E-state index in [-0.39, 0.29) is 5.82 Å². The maximum Gasteiger partial charge on any atom is 0.126 e. The van der Waals surface area contributed by atoms with E-state index in [4.69, 9.17) is 5.26 Å². The van der Waals surface area contributed by atoms with Crippen LogP contribution in [0.2, 0.25) is 0 Å². The molecule has 0 aliphatic heterocycles. The zero-order valence-corrected chi connectivity index (χ0v) is 8.13. The average molecular weight is 190 g/mol. The topological polar surface area (TPSA) is 35.8 Å². The van der Waals surface area contributed by atoms with Crippen LogP contribution in [0.5, 0.6) is 0 Å². The lowest BCUT2D eigenvalue weighted by molar-refractivity contribution is 0.619. The van der Waals surface area contributed by atoms with Gasteiger partial charge in [0, 0.05) is 17.5 Å². The third-order valence-electron chi connectivity index (χ3n) is 1.78. The van der Waals surface area contributed by atoms with Crippen molar-refractivity contribution in [2.75, 3.05) is 5.32 Å². The number of anilines is 1. The fraction of sp³-hybridized carbons (Fsp3) is 0.182. The van der Waals surface area contributed by atoms with Gasteiger partial charge in [-0.2, -0.15) is 5.26 Å². The molecular formula is C11H11FN2. The van der Waals surface area contributed by atoms with Gasteiger partial charge in [-0.05, 0) is 37.6 Å². The van der Waals surface area contributed by atoms with Crippen LogP contribution < -0.4 is 5.32 Å². The third kappa shape index (κ3) is 2.60. The van der Waals surface area contributed by atoms with Crippen LogP contribution in [0.25, 0.3) is 0 Å². The second-order valence-electron chi connectivity index (χ2n) is 3.05. The van der Waals surface area contributed by atoms with Crippen LogP contribution in [0.1, 0.15) is 12.5 Å². The summed E-state index contributed by atoms with van der Waals surface area (Å²) < 4.78 is 12.9. The summed E-state index contributed by atoms with van der Waals surface area (Å²) in [5.74, 6) is -0.225. The highest BCUT2D eigenvalue weighted by atomic mass is 19.1. The van der Waals surface area contributed by atoms with Crippen molar-refractivity contribution >= 4 is 5.69 Å². The number of allylic oxidation sites excluding steroid dienone is 2. The maximum absolute atomic E-state index is 12.9. The van der Waals surface area contributed by atoms with Gasteiger partial charge in [0.25, 0.3) is 0 Å². The minimum atomic E-state index is -0.225. The van der Waals surface area contributed by atoms with Gasteiger partial charge in [-0.3, -0.25) is 0 Å². The van der Waals surface area contributed by atoms with Gasteiger partial charge in [0.1, 0.15) is 5.82 Å². The number of hydrogen-bond donors (Lipinski definition) is 1. The third-order valence-corrected chi connectivity index (χ3v) is 1.78. The van der Waals surface area contributed by atoms with Crippen LogP contribution >= 0.6 is 0 Å². The van der Waals surface area contributed by atoms with Gasteiger partial charge in [-0.15, -0.1) is 0 Å². The summed E-state index contributed by atoms with van der Waals surface area (Å²) in [6.45, 7) is 3.48. The van der Waals surface area contributed by atoms with Crippen molar-refractivity contribution in [3.8, 4) is 6.07 Å². The standard InChI is InChI=1S/C11H11FN2/c1-8-7-10(3-4-11(8)12)14-9(2)5-6-13/h3-5,7,14H,1-2H3/b9-5-. The molecule has 0 heterocycles. The Balaban J connectivity index is 2.84. The first kappa shape index (κ1) is 10.3. The van der Waals surface area contributed by atoms with Crippen LogP contribution in [0.15, 0.2) is 30.0 Å². The summed E-state index contributed by atoms with van der Waals surface area (Å²) in [5, 5.41) is 11.4. The lowest BCUT2D eigenvalue weighted by atomic mass is 10.2. The first-order chi connectivity index (χ1) is 6.63. The number of nitriles is 1.